The SMILES string of the molecule is O=CN1CCCCCCCCCNN1. The van der Waals surface area contributed by atoms with Crippen molar-refractivity contribution in [2.75, 3.05) is 13.1 Å². The predicted molar refractivity (Wildman–Crippen MR) is 56.2 cm³/mol. The van der Waals surface area contributed by atoms with Gasteiger partial charge in [0.1, 0.15) is 0 Å². The predicted octanol–water partition coefficient (Wildman–Crippen LogP) is 1.20. The number of hydrazine groups is 2. The molecule has 1 saturated heterocycles. The summed E-state index contributed by atoms with van der Waals surface area (Å²) < 4.78 is 0. The minimum Gasteiger partial charge on any atom is -0.277 e. The number of amides is 1. The second-order valence-electron chi connectivity index (χ2n) is 3.81. The molecule has 0 radical (unpaired) electrons. The maximum Gasteiger partial charge on any atom is 0.224 e. The molecule has 4 nitrogen and oxygen atoms in total. The molecule has 2 N–H and O–H groups in total. The van der Waals surface area contributed by atoms with Gasteiger partial charge in [0.25, 0.3) is 0 Å². The summed E-state index contributed by atoms with van der Waals surface area (Å²) in [5.74, 6) is 0. The van der Waals surface area contributed by atoms with Crippen molar-refractivity contribution in [2.45, 2.75) is 44.9 Å². The van der Waals surface area contributed by atoms with Crippen LogP contribution in [0.1, 0.15) is 44.9 Å². The van der Waals surface area contributed by atoms with E-state index in [0.717, 1.165) is 25.9 Å². The normalized spacial score (nSPS) is 22.1. The van der Waals surface area contributed by atoms with Gasteiger partial charge in [-0.25, -0.2) is 5.43 Å². The van der Waals surface area contributed by atoms with E-state index in [4.69, 9.17) is 0 Å². The van der Waals surface area contributed by atoms with Crippen LogP contribution in [-0.4, -0.2) is 24.5 Å². The Morgan fingerprint density at radius 3 is 2.29 bits per heavy atom. The van der Waals surface area contributed by atoms with Crippen LogP contribution in [0.25, 0.3) is 0 Å². The smallest absolute Gasteiger partial charge is 0.224 e. The largest absolute Gasteiger partial charge is 0.277 e. The number of hydrogen-bond donors (Lipinski definition) is 2. The monoisotopic (exact) mass is 199 g/mol. The van der Waals surface area contributed by atoms with Crippen molar-refractivity contribution in [1.82, 2.24) is 16.0 Å². The molecule has 0 atom stereocenters. The second-order valence-corrected chi connectivity index (χ2v) is 3.81. The Bertz CT molecular complexity index is 140. The zero-order valence-corrected chi connectivity index (χ0v) is 8.80. The van der Waals surface area contributed by atoms with Crippen molar-refractivity contribution in [3.8, 4) is 0 Å². The Labute approximate surface area is 86.0 Å². The lowest BCUT2D eigenvalue weighted by Gasteiger charge is -2.19. The van der Waals surface area contributed by atoms with E-state index in [1.54, 1.807) is 5.01 Å². The summed E-state index contributed by atoms with van der Waals surface area (Å²) >= 11 is 0. The van der Waals surface area contributed by atoms with Crippen LogP contribution in [-0.2, 0) is 4.79 Å². The summed E-state index contributed by atoms with van der Waals surface area (Å²) in [4.78, 5) is 10.6. The molecule has 82 valence electrons. The number of hydrogen-bond acceptors (Lipinski definition) is 3. The van der Waals surface area contributed by atoms with E-state index in [1.165, 1.54) is 38.5 Å². The Kier molecular flexibility index (Phi) is 6.36. The third-order valence-electron chi connectivity index (χ3n) is 2.55. The van der Waals surface area contributed by atoms with E-state index >= 15 is 0 Å². The fourth-order valence-electron chi connectivity index (χ4n) is 1.67. The molecule has 0 aliphatic carbocycles. The Morgan fingerprint density at radius 2 is 1.57 bits per heavy atom. The highest BCUT2D eigenvalue weighted by Gasteiger charge is 2.01. The minimum absolute atomic E-state index is 0.802. The number of nitrogens with one attached hydrogen (secondary N) is 2. The molecule has 1 rings (SSSR count). The van der Waals surface area contributed by atoms with Crippen LogP contribution in [0.15, 0.2) is 0 Å². The number of carbonyl (C=O) groups is 1. The summed E-state index contributed by atoms with van der Waals surface area (Å²) in [6, 6.07) is 0. The third kappa shape index (κ3) is 5.19. The van der Waals surface area contributed by atoms with E-state index < -0.39 is 0 Å². The van der Waals surface area contributed by atoms with E-state index in [9.17, 15) is 4.79 Å². The quantitative estimate of drug-likeness (QED) is 0.624. The van der Waals surface area contributed by atoms with Gasteiger partial charge in [-0.3, -0.25) is 9.80 Å². The first-order valence-corrected chi connectivity index (χ1v) is 5.64. The molecule has 14 heavy (non-hydrogen) atoms. The molecule has 4 heteroatoms. The Morgan fingerprint density at radius 1 is 0.929 bits per heavy atom. The van der Waals surface area contributed by atoms with Crippen molar-refractivity contribution in [3.63, 3.8) is 0 Å². The maximum atomic E-state index is 10.6. The van der Waals surface area contributed by atoms with Gasteiger partial charge in [0.05, 0.1) is 0 Å². The molecule has 0 saturated carbocycles. The summed E-state index contributed by atoms with van der Waals surface area (Å²) in [5.41, 5.74) is 5.95. The maximum absolute atomic E-state index is 10.6. The van der Waals surface area contributed by atoms with E-state index in [-0.39, 0.29) is 0 Å². The topological polar surface area (TPSA) is 44.4 Å². The molecule has 1 amide bonds. The molecule has 1 aliphatic rings. The summed E-state index contributed by atoms with van der Waals surface area (Å²) in [5, 5.41) is 1.58. The van der Waals surface area contributed by atoms with Gasteiger partial charge < -0.3 is 0 Å². The van der Waals surface area contributed by atoms with E-state index in [0.29, 0.717) is 0 Å². The molecule has 1 heterocycles. The van der Waals surface area contributed by atoms with Crippen molar-refractivity contribution >= 4 is 6.41 Å². The molecule has 0 aromatic heterocycles. The van der Waals surface area contributed by atoms with E-state index in [2.05, 4.69) is 11.0 Å². The van der Waals surface area contributed by atoms with Crippen molar-refractivity contribution in [3.05, 3.63) is 0 Å². The van der Waals surface area contributed by atoms with Gasteiger partial charge in [-0.15, -0.1) is 0 Å². The van der Waals surface area contributed by atoms with Crippen LogP contribution < -0.4 is 11.0 Å². The van der Waals surface area contributed by atoms with Crippen LogP contribution in [0.5, 0.6) is 0 Å². The summed E-state index contributed by atoms with van der Waals surface area (Å²) in [7, 11) is 0. The lowest BCUT2D eigenvalue weighted by Crippen LogP contribution is -2.47. The van der Waals surface area contributed by atoms with Gasteiger partial charge in [-0.1, -0.05) is 32.1 Å². The molecule has 0 aromatic rings. The molecule has 0 spiro atoms. The minimum atomic E-state index is 0.802. The lowest BCUT2D eigenvalue weighted by atomic mass is 10.1. The van der Waals surface area contributed by atoms with Crippen molar-refractivity contribution in [1.29, 1.82) is 0 Å². The number of rotatable bonds is 1. The zero-order valence-electron chi connectivity index (χ0n) is 8.80. The molecular formula is C10H21N3O. The molecule has 0 aromatic carbocycles. The second kappa shape index (κ2) is 7.76. The summed E-state index contributed by atoms with van der Waals surface area (Å²) in [6.07, 6.45) is 9.63. The first-order chi connectivity index (χ1) is 6.93. The van der Waals surface area contributed by atoms with Crippen LogP contribution in [0, 0.1) is 0 Å². The van der Waals surface area contributed by atoms with Gasteiger partial charge in [-0.2, -0.15) is 5.53 Å². The average molecular weight is 199 g/mol. The molecular weight excluding hydrogens is 178 g/mol. The van der Waals surface area contributed by atoms with Gasteiger partial charge >= 0.3 is 0 Å². The number of carbonyl (C=O) groups excluding carboxylic acids is 1. The Hall–Kier alpha value is -0.610. The fraction of sp³-hybridized carbons (Fsp3) is 0.900. The van der Waals surface area contributed by atoms with Gasteiger partial charge in [0, 0.05) is 13.1 Å². The van der Waals surface area contributed by atoms with Crippen molar-refractivity contribution < 1.29 is 4.79 Å². The Balaban J connectivity index is 2.20. The highest BCUT2D eigenvalue weighted by atomic mass is 16.1. The lowest BCUT2D eigenvalue weighted by molar-refractivity contribution is -0.122. The van der Waals surface area contributed by atoms with Gasteiger partial charge in [0.15, 0.2) is 0 Å². The first-order valence-electron chi connectivity index (χ1n) is 5.64. The van der Waals surface area contributed by atoms with Crippen LogP contribution in [0.3, 0.4) is 0 Å². The van der Waals surface area contributed by atoms with Crippen LogP contribution >= 0.6 is 0 Å². The fourth-order valence-corrected chi connectivity index (χ4v) is 1.67. The van der Waals surface area contributed by atoms with Crippen LogP contribution in [0.4, 0.5) is 0 Å². The zero-order chi connectivity index (χ0) is 10.1. The van der Waals surface area contributed by atoms with Gasteiger partial charge in [-0.05, 0) is 12.8 Å². The molecule has 0 bridgehead atoms. The first kappa shape index (κ1) is 11.5. The standard InChI is InChI=1S/C10H21N3O/c14-10-13-9-7-5-3-1-2-4-6-8-11-12-13/h10-12H,1-9H2. The van der Waals surface area contributed by atoms with Crippen molar-refractivity contribution in [2.24, 2.45) is 0 Å². The molecule has 0 unspecified atom stereocenters. The summed E-state index contributed by atoms with van der Waals surface area (Å²) in [6.45, 7) is 1.74. The van der Waals surface area contributed by atoms with Gasteiger partial charge in [0.2, 0.25) is 6.41 Å². The molecule has 1 fully saturated rings. The highest BCUT2D eigenvalue weighted by molar-refractivity contribution is 5.45. The molecule has 1 aliphatic heterocycles. The third-order valence-corrected chi connectivity index (χ3v) is 2.55. The van der Waals surface area contributed by atoms with E-state index in [1.807, 2.05) is 0 Å². The highest BCUT2D eigenvalue weighted by Crippen LogP contribution is 2.07. The van der Waals surface area contributed by atoms with Crippen LogP contribution in [0.2, 0.25) is 0 Å². The average Bonchev–Trinajstić information content (AvgIpc) is 2.19. The number of nitrogens with zero attached hydrogens (tertiary/aromatic N) is 1.